The Hall–Kier alpha value is -3.54. The number of aromatic nitrogens is 1. The Morgan fingerprint density at radius 1 is 0.931 bits per heavy atom. The van der Waals surface area contributed by atoms with Crippen molar-refractivity contribution in [3.05, 3.63) is 78.1 Å². The molecule has 0 atom stereocenters. The minimum Gasteiger partial charge on any atom is -0.345 e. The molecule has 0 fully saturated rings. The van der Waals surface area contributed by atoms with Gasteiger partial charge in [0.05, 0.1) is 11.4 Å². The second kappa shape index (κ2) is 8.22. The van der Waals surface area contributed by atoms with Crippen LogP contribution in [-0.4, -0.2) is 23.1 Å². The fraction of sp³-hybridized carbons (Fsp3) is 0.217. The fourth-order valence-corrected chi connectivity index (χ4v) is 3.71. The van der Waals surface area contributed by atoms with Gasteiger partial charge in [-0.1, -0.05) is 24.3 Å². The summed E-state index contributed by atoms with van der Waals surface area (Å²) in [6.07, 6.45) is 5.46. The van der Waals surface area contributed by atoms with E-state index in [1.54, 1.807) is 4.90 Å². The van der Waals surface area contributed by atoms with Crippen LogP contribution < -0.4 is 15.5 Å². The van der Waals surface area contributed by atoms with E-state index in [9.17, 15) is 9.59 Å². The van der Waals surface area contributed by atoms with Crippen molar-refractivity contribution in [1.82, 2.24) is 9.88 Å². The van der Waals surface area contributed by atoms with Gasteiger partial charge < -0.3 is 15.2 Å². The maximum absolute atomic E-state index is 13.4. The van der Waals surface area contributed by atoms with Crippen LogP contribution in [0.4, 0.5) is 21.9 Å². The van der Waals surface area contributed by atoms with Gasteiger partial charge in [-0.25, -0.2) is 4.79 Å². The highest BCUT2D eigenvalue weighted by Crippen LogP contribution is 2.37. The molecular weight excluding hydrogens is 364 g/mol. The predicted octanol–water partition coefficient (Wildman–Crippen LogP) is 4.09. The molecule has 3 amide bonds. The minimum absolute atomic E-state index is 0.0213. The Kier molecular flexibility index (Phi) is 5.33. The third-order valence-electron chi connectivity index (χ3n) is 5.05. The zero-order valence-electron chi connectivity index (χ0n) is 16.4. The number of rotatable bonds is 4. The van der Waals surface area contributed by atoms with Crippen LogP contribution >= 0.6 is 0 Å². The van der Waals surface area contributed by atoms with Crippen LogP contribution in [0.25, 0.3) is 0 Å². The Balaban J connectivity index is 1.75. The molecule has 0 saturated carbocycles. The van der Waals surface area contributed by atoms with E-state index in [0.29, 0.717) is 12.2 Å². The van der Waals surface area contributed by atoms with Crippen molar-refractivity contribution in [1.29, 1.82) is 0 Å². The summed E-state index contributed by atoms with van der Waals surface area (Å²) >= 11 is 0. The number of hydrogen-bond acceptors (Lipinski definition) is 2. The molecule has 2 N–H and O–H groups in total. The lowest BCUT2D eigenvalue weighted by atomic mass is 10.0. The van der Waals surface area contributed by atoms with E-state index < -0.39 is 0 Å². The number of aryl methyl sites for hydroxylation is 2. The van der Waals surface area contributed by atoms with Crippen molar-refractivity contribution in [2.75, 3.05) is 16.8 Å². The first kappa shape index (κ1) is 18.8. The number of carbonyl (C=O) groups is 2. The van der Waals surface area contributed by atoms with Crippen molar-refractivity contribution in [3.8, 4) is 0 Å². The maximum Gasteiger partial charge on any atom is 0.319 e. The molecule has 3 aromatic rings. The van der Waals surface area contributed by atoms with Gasteiger partial charge in [0.25, 0.3) is 5.91 Å². The van der Waals surface area contributed by atoms with Crippen LogP contribution in [0.3, 0.4) is 0 Å². The summed E-state index contributed by atoms with van der Waals surface area (Å²) in [6.45, 7) is 2.66. The Morgan fingerprint density at radius 2 is 1.66 bits per heavy atom. The summed E-state index contributed by atoms with van der Waals surface area (Å²) in [7, 11) is 0. The molecule has 0 bridgehead atoms. The Labute approximate surface area is 170 Å². The predicted molar refractivity (Wildman–Crippen MR) is 115 cm³/mol. The average Bonchev–Trinajstić information content (AvgIpc) is 3.15. The molecule has 29 heavy (non-hydrogen) atoms. The molecule has 0 spiro atoms. The summed E-state index contributed by atoms with van der Waals surface area (Å²) in [5.41, 5.74) is 4.61. The standard InChI is InChI=1S/C23H24N4O2/c1-2-24-23(29)25-19-12-11-18-10-9-17-7-3-4-8-20(17)27(21(18)15-19)22(28)16-26-13-5-6-14-26/h3-8,11-15H,2,9-10,16H2,1H3,(H2,24,25,29). The van der Waals surface area contributed by atoms with Crippen molar-refractivity contribution in [3.63, 3.8) is 0 Å². The largest absolute Gasteiger partial charge is 0.345 e. The van der Waals surface area contributed by atoms with Crippen LogP contribution in [0.1, 0.15) is 18.1 Å². The van der Waals surface area contributed by atoms with Crippen LogP contribution in [0, 0.1) is 0 Å². The summed E-state index contributed by atoms with van der Waals surface area (Å²) in [5.74, 6) is -0.0213. The number of para-hydroxylation sites is 1. The van der Waals surface area contributed by atoms with Gasteiger partial charge in [0.15, 0.2) is 0 Å². The van der Waals surface area contributed by atoms with Crippen LogP contribution in [-0.2, 0) is 24.2 Å². The van der Waals surface area contributed by atoms with Gasteiger partial charge in [0, 0.05) is 24.6 Å². The molecule has 6 nitrogen and oxygen atoms in total. The monoisotopic (exact) mass is 388 g/mol. The second-order valence-corrected chi connectivity index (χ2v) is 7.04. The molecule has 0 radical (unpaired) electrons. The highest BCUT2D eigenvalue weighted by atomic mass is 16.2. The summed E-state index contributed by atoms with van der Waals surface area (Å²) in [4.78, 5) is 27.1. The smallest absolute Gasteiger partial charge is 0.319 e. The van der Waals surface area contributed by atoms with Gasteiger partial charge in [-0.05, 0) is 61.2 Å². The van der Waals surface area contributed by atoms with E-state index in [1.807, 2.05) is 72.4 Å². The normalized spacial score (nSPS) is 12.5. The van der Waals surface area contributed by atoms with E-state index in [-0.39, 0.29) is 18.5 Å². The Bertz CT molecular complexity index is 1030. The number of anilines is 3. The van der Waals surface area contributed by atoms with Gasteiger partial charge in [0.2, 0.25) is 0 Å². The van der Waals surface area contributed by atoms with Gasteiger partial charge >= 0.3 is 6.03 Å². The van der Waals surface area contributed by atoms with Crippen molar-refractivity contribution < 1.29 is 9.59 Å². The molecule has 148 valence electrons. The molecule has 2 aromatic carbocycles. The van der Waals surface area contributed by atoms with E-state index in [2.05, 4.69) is 16.7 Å². The number of benzene rings is 2. The molecule has 1 aromatic heterocycles. The topological polar surface area (TPSA) is 66.4 Å². The first-order valence-corrected chi connectivity index (χ1v) is 9.85. The van der Waals surface area contributed by atoms with Gasteiger partial charge in [0.1, 0.15) is 6.54 Å². The average molecular weight is 388 g/mol. The molecule has 6 heteroatoms. The molecule has 0 saturated heterocycles. The number of nitrogens with zero attached hydrogens (tertiary/aromatic N) is 2. The quantitative estimate of drug-likeness (QED) is 0.707. The third-order valence-corrected chi connectivity index (χ3v) is 5.05. The SMILES string of the molecule is CCNC(=O)Nc1ccc2c(c1)N(C(=O)Cn1cccc1)c1ccccc1CC2. The maximum atomic E-state index is 13.4. The summed E-state index contributed by atoms with van der Waals surface area (Å²) < 4.78 is 1.87. The van der Waals surface area contributed by atoms with Crippen molar-refractivity contribution in [2.45, 2.75) is 26.3 Å². The van der Waals surface area contributed by atoms with Crippen LogP contribution in [0.5, 0.6) is 0 Å². The highest BCUT2D eigenvalue weighted by Gasteiger charge is 2.26. The van der Waals surface area contributed by atoms with Crippen LogP contribution in [0.15, 0.2) is 67.0 Å². The first-order chi connectivity index (χ1) is 14.2. The second-order valence-electron chi connectivity index (χ2n) is 7.04. The third kappa shape index (κ3) is 4.01. The van der Waals surface area contributed by atoms with E-state index in [0.717, 1.165) is 35.3 Å². The number of carbonyl (C=O) groups excluding carboxylic acids is 2. The molecule has 2 heterocycles. The molecule has 1 aliphatic heterocycles. The number of fused-ring (bicyclic) bond motifs is 2. The molecule has 0 aliphatic carbocycles. The number of nitrogens with one attached hydrogen (secondary N) is 2. The van der Waals surface area contributed by atoms with Gasteiger partial charge in [-0.3, -0.25) is 9.69 Å². The zero-order valence-corrected chi connectivity index (χ0v) is 16.4. The lowest BCUT2D eigenvalue weighted by Gasteiger charge is -2.26. The molecule has 0 unspecified atom stereocenters. The van der Waals surface area contributed by atoms with E-state index in [4.69, 9.17) is 0 Å². The lowest BCUT2D eigenvalue weighted by molar-refractivity contribution is -0.118. The fourth-order valence-electron chi connectivity index (χ4n) is 3.71. The van der Waals surface area contributed by atoms with Crippen molar-refractivity contribution >= 4 is 29.0 Å². The van der Waals surface area contributed by atoms with Crippen LogP contribution in [0.2, 0.25) is 0 Å². The van der Waals surface area contributed by atoms with E-state index in [1.165, 1.54) is 0 Å². The molecule has 1 aliphatic rings. The number of amides is 3. The summed E-state index contributed by atoms with van der Waals surface area (Å²) in [5, 5.41) is 5.58. The van der Waals surface area contributed by atoms with Gasteiger partial charge in [-0.15, -0.1) is 0 Å². The molecular formula is C23H24N4O2. The molecule has 4 rings (SSSR count). The first-order valence-electron chi connectivity index (χ1n) is 9.85. The number of urea groups is 1. The van der Waals surface area contributed by atoms with Crippen molar-refractivity contribution in [2.24, 2.45) is 0 Å². The number of hydrogen-bond donors (Lipinski definition) is 2. The van der Waals surface area contributed by atoms with Gasteiger partial charge in [-0.2, -0.15) is 0 Å². The summed E-state index contributed by atoms with van der Waals surface area (Å²) in [6, 6.07) is 17.4. The van der Waals surface area contributed by atoms with E-state index >= 15 is 0 Å². The lowest BCUT2D eigenvalue weighted by Crippen LogP contribution is -2.31. The minimum atomic E-state index is -0.258. The Morgan fingerprint density at radius 3 is 2.41 bits per heavy atom. The zero-order chi connectivity index (χ0) is 20.2. The highest BCUT2D eigenvalue weighted by molar-refractivity contribution is 6.03.